The zero-order valence-corrected chi connectivity index (χ0v) is 16.6. The van der Waals surface area contributed by atoms with Crippen molar-refractivity contribution in [1.29, 1.82) is 5.41 Å². The first-order chi connectivity index (χ1) is 14.6. The number of aliphatic hydroxyl groups excluding tert-OH is 1. The van der Waals surface area contributed by atoms with E-state index in [0.717, 1.165) is 37.6 Å². The van der Waals surface area contributed by atoms with Gasteiger partial charge in [0.1, 0.15) is 17.6 Å². The van der Waals surface area contributed by atoms with E-state index in [1.807, 2.05) is 24.3 Å². The average Bonchev–Trinajstić information content (AvgIpc) is 2.74. The van der Waals surface area contributed by atoms with E-state index in [1.54, 1.807) is 5.43 Å². The van der Waals surface area contributed by atoms with Gasteiger partial charge in [0.25, 0.3) is 5.91 Å². The predicted octanol–water partition coefficient (Wildman–Crippen LogP) is 1.11. The van der Waals surface area contributed by atoms with Crippen LogP contribution in [0.3, 0.4) is 0 Å². The van der Waals surface area contributed by atoms with Gasteiger partial charge in [-0.25, -0.2) is 4.98 Å². The van der Waals surface area contributed by atoms with Gasteiger partial charge in [-0.05, 0) is 18.9 Å². The molecule has 158 valence electrons. The molecule has 1 aromatic heterocycles. The number of aliphatic hydroxyl groups is 1. The second kappa shape index (κ2) is 10.4. The van der Waals surface area contributed by atoms with E-state index in [9.17, 15) is 9.90 Å². The van der Waals surface area contributed by atoms with E-state index in [0.29, 0.717) is 17.5 Å². The van der Waals surface area contributed by atoms with Crippen LogP contribution in [0.15, 0.2) is 35.6 Å². The molecule has 2 atom stereocenters. The fraction of sp³-hybridized carbons (Fsp3) is 0.350. The molecule has 0 aliphatic heterocycles. The number of quaternary nitrogens is 1. The highest BCUT2D eigenvalue weighted by Gasteiger charge is 2.25. The molecule has 0 saturated heterocycles. The van der Waals surface area contributed by atoms with Gasteiger partial charge in [-0.2, -0.15) is 10.4 Å². The van der Waals surface area contributed by atoms with Crippen LogP contribution in [0.25, 0.3) is 0 Å². The fourth-order valence-electron chi connectivity index (χ4n) is 3.51. The molecule has 1 heterocycles. The molecule has 10 nitrogen and oxygen atoms in total. The van der Waals surface area contributed by atoms with Crippen molar-refractivity contribution < 1.29 is 15.3 Å². The van der Waals surface area contributed by atoms with Crippen LogP contribution in [0, 0.1) is 11.3 Å². The number of benzene rings is 1. The number of carbonyl (C=O) groups excluding carboxylic acids is 1. The second-order valence-electron chi connectivity index (χ2n) is 7.14. The molecule has 8 N–H and O–H groups in total. The van der Waals surface area contributed by atoms with Gasteiger partial charge < -0.3 is 26.9 Å². The normalized spacial score (nSPS) is 18.8. The molecule has 0 bridgehead atoms. The lowest BCUT2D eigenvalue weighted by molar-refractivity contribution is -0.576. The molecule has 0 spiro atoms. The zero-order chi connectivity index (χ0) is 21.3. The number of nitrogens with one attached hydrogen (secondary N) is 3. The molecule has 10 heteroatoms. The molecule has 1 amide bonds. The van der Waals surface area contributed by atoms with E-state index in [1.165, 1.54) is 12.4 Å². The first kappa shape index (κ1) is 21.3. The Morgan fingerprint density at radius 1 is 1.40 bits per heavy atom. The third kappa shape index (κ3) is 5.58. The molecule has 2 aromatic rings. The number of hydrogen-bond acceptors (Lipinski definition) is 8. The monoisotopic (exact) mass is 411 g/mol. The summed E-state index contributed by atoms with van der Waals surface area (Å²) in [5, 5.41) is 27.0. The number of anilines is 3. The molecule has 1 aliphatic carbocycles. The molecule has 1 saturated carbocycles. The SMILES string of the molecule is N=C/C=N\[NH2+]c1cccc(Nc2nc(N[C@@H]3CCCC[C@@H]3CO)ncc2C(N)=O)c1. The molecule has 1 fully saturated rings. The third-order valence-corrected chi connectivity index (χ3v) is 5.05. The van der Waals surface area contributed by atoms with Gasteiger partial charge in [0, 0.05) is 48.8 Å². The quantitative estimate of drug-likeness (QED) is 0.156. The molecule has 1 aromatic carbocycles. The van der Waals surface area contributed by atoms with Crippen molar-refractivity contribution in [2.75, 3.05) is 17.2 Å². The maximum Gasteiger partial charge on any atom is 0.254 e. The number of nitrogens with zero attached hydrogens (tertiary/aromatic N) is 3. The van der Waals surface area contributed by atoms with Gasteiger partial charge in [0.15, 0.2) is 5.69 Å². The summed E-state index contributed by atoms with van der Waals surface area (Å²) in [6, 6.07) is 7.46. The molecular weight excluding hydrogens is 384 g/mol. The molecule has 1 aliphatic rings. The van der Waals surface area contributed by atoms with Crippen LogP contribution in [-0.4, -0.2) is 46.1 Å². The number of nitrogens with two attached hydrogens (primary N) is 2. The van der Waals surface area contributed by atoms with Crippen LogP contribution in [0.5, 0.6) is 0 Å². The highest BCUT2D eigenvalue weighted by molar-refractivity contribution is 6.14. The largest absolute Gasteiger partial charge is 0.396 e. The van der Waals surface area contributed by atoms with Crippen molar-refractivity contribution in [1.82, 2.24) is 9.97 Å². The summed E-state index contributed by atoms with van der Waals surface area (Å²) in [6.07, 6.45) is 7.96. The Kier molecular flexibility index (Phi) is 7.41. The summed E-state index contributed by atoms with van der Waals surface area (Å²) in [5.74, 6) is 0.208. The maximum atomic E-state index is 11.9. The Morgan fingerprint density at radius 3 is 3.00 bits per heavy atom. The highest BCUT2D eigenvalue weighted by atomic mass is 16.3. The minimum absolute atomic E-state index is 0.0839. The van der Waals surface area contributed by atoms with E-state index < -0.39 is 5.91 Å². The summed E-state index contributed by atoms with van der Waals surface area (Å²) in [6.45, 7) is 0.117. The van der Waals surface area contributed by atoms with Crippen LogP contribution in [-0.2, 0) is 0 Å². The zero-order valence-electron chi connectivity index (χ0n) is 16.6. The second-order valence-corrected chi connectivity index (χ2v) is 7.14. The van der Waals surface area contributed by atoms with Crippen LogP contribution in [0.4, 0.5) is 23.1 Å². The lowest BCUT2D eigenvalue weighted by atomic mass is 9.85. The third-order valence-electron chi connectivity index (χ3n) is 5.05. The topological polar surface area (TPSA) is 166 Å². The number of amides is 1. The number of primary amides is 1. The summed E-state index contributed by atoms with van der Waals surface area (Å²) in [5.41, 5.74) is 8.82. The van der Waals surface area contributed by atoms with Gasteiger partial charge in [-0.1, -0.05) is 24.0 Å². The van der Waals surface area contributed by atoms with E-state index in [2.05, 4.69) is 25.7 Å². The van der Waals surface area contributed by atoms with Crippen molar-refractivity contribution in [3.05, 3.63) is 36.0 Å². The van der Waals surface area contributed by atoms with Crippen molar-refractivity contribution >= 4 is 41.5 Å². The van der Waals surface area contributed by atoms with Crippen LogP contribution < -0.4 is 21.8 Å². The Labute approximate surface area is 174 Å². The summed E-state index contributed by atoms with van der Waals surface area (Å²) in [7, 11) is 0. The van der Waals surface area contributed by atoms with Gasteiger partial charge in [-0.3, -0.25) is 4.79 Å². The highest BCUT2D eigenvalue weighted by Crippen LogP contribution is 2.27. The van der Waals surface area contributed by atoms with E-state index in [-0.39, 0.29) is 24.1 Å². The number of aromatic nitrogens is 2. The smallest absolute Gasteiger partial charge is 0.254 e. The van der Waals surface area contributed by atoms with E-state index in [4.69, 9.17) is 11.1 Å². The fourth-order valence-corrected chi connectivity index (χ4v) is 3.51. The van der Waals surface area contributed by atoms with Gasteiger partial charge in [-0.15, -0.1) is 0 Å². The van der Waals surface area contributed by atoms with E-state index >= 15 is 0 Å². The number of carbonyl (C=O) groups is 1. The van der Waals surface area contributed by atoms with Gasteiger partial charge >= 0.3 is 0 Å². The van der Waals surface area contributed by atoms with Gasteiger partial charge in [0.2, 0.25) is 5.95 Å². The lowest BCUT2D eigenvalue weighted by Crippen LogP contribution is -2.71. The van der Waals surface area contributed by atoms with Gasteiger partial charge in [0.05, 0.1) is 0 Å². The number of hydrogen-bond donors (Lipinski definition) is 6. The molecule has 0 unspecified atom stereocenters. The van der Waals surface area contributed by atoms with Crippen LogP contribution in [0.1, 0.15) is 36.0 Å². The first-order valence-corrected chi connectivity index (χ1v) is 9.87. The summed E-state index contributed by atoms with van der Waals surface area (Å²) in [4.78, 5) is 20.6. The Balaban J connectivity index is 1.81. The van der Waals surface area contributed by atoms with Crippen molar-refractivity contribution in [2.24, 2.45) is 16.8 Å². The minimum Gasteiger partial charge on any atom is -0.396 e. The number of rotatable bonds is 9. The van der Waals surface area contributed by atoms with Crippen molar-refractivity contribution in [2.45, 2.75) is 31.7 Å². The van der Waals surface area contributed by atoms with Crippen molar-refractivity contribution in [3.8, 4) is 0 Å². The van der Waals surface area contributed by atoms with Crippen LogP contribution in [0.2, 0.25) is 0 Å². The molecule has 0 radical (unpaired) electrons. The first-order valence-electron chi connectivity index (χ1n) is 9.87. The molecular formula is C20H27N8O2+. The molecule has 30 heavy (non-hydrogen) atoms. The molecule has 3 rings (SSSR count). The Morgan fingerprint density at radius 2 is 2.23 bits per heavy atom. The lowest BCUT2D eigenvalue weighted by Gasteiger charge is -2.30. The Bertz CT molecular complexity index is 917. The van der Waals surface area contributed by atoms with Crippen LogP contribution >= 0.6 is 0 Å². The summed E-state index contributed by atoms with van der Waals surface area (Å²) >= 11 is 0. The average molecular weight is 411 g/mol. The maximum absolute atomic E-state index is 11.9. The predicted molar refractivity (Wildman–Crippen MR) is 116 cm³/mol. The Hall–Kier alpha value is -3.37. The van der Waals surface area contributed by atoms with Crippen molar-refractivity contribution in [3.63, 3.8) is 0 Å². The summed E-state index contributed by atoms with van der Waals surface area (Å²) < 4.78 is 0. The minimum atomic E-state index is -0.631. The standard InChI is InChI=1S/C20H26N8O2/c21-8-9-24-28-15-6-3-5-14(10-15)25-19-16(18(22)30)11-23-20(27-19)26-17-7-2-1-4-13(17)12-29/h3,5-6,8-11,13,17,21,28-29H,1-2,4,7,12H2,(H2,22,30)(H2,23,25,26,27)/p+1/b21-8?,24-9-/t13-,17-/m1/s1.